The predicted molar refractivity (Wildman–Crippen MR) is 237 cm³/mol. The number of aromatic nitrogens is 2. The molecule has 4 aromatic rings. The van der Waals surface area contributed by atoms with Crippen LogP contribution in [0.3, 0.4) is 0 Å². The summed E-state index contributed by atoms with van der Waals surface area (Å²) in [6, 6.07) is 13.0. The first kappa shape index (κ1) is 42.3. The number of rotatable bonds is 9. The number of aliphatic imine (C=N–C) groups is 1. The standard InChI is InChI=1S/C48H57N7O8/c1-25(2)42(52-47(58)60-5)45(56)55-27(4)10-16-40(55)44-49-22-38(51-44)29-11-13-32-31(18-29)24-63-41-21-33-28(19-35(32)41)12-14-36-34(33)20-37(50-36)39-15-9-26(3)54(39)46(57)43(53-48(59)61-6)30-8-7-17-62-23-30/h11-14,18-19,21-22,25-27,30,39-40,42-43H,7-10,15-17,20,23-24H2,1-6H3,(H,49,51)(H,52,58)(H,53,59)/t26-,27-,30+,39-,40-,42-,43-/m0/s1. The van der Waals surface area contributed by atoms with Crippen LogP contribution in [0, 0.1) is 11.8 Å². The zero-order valence-corrected chi connectivity index (χ0v) is 36.9. The van der Waals surface area contributed by atoms with E-state index in [0.717, 1.165) is 100.0 Å². The number of nitrogens with zero attached hydrogens (tertiary/aromatic N) is 4. The van der Waals surface area contributed by atoms with Gasteiger partial charge in [-0.15, -0.1) is 0 Å². The predicted octanol–water partition coefficient (Wildman–Crippen LogP) is 7.38. The molecule has 5 aliphatic heterocycles. The molecule has 4 amide bonds. The molecule has 9 rings (SSSR count). The van der Waals surface area contributed by atoms with Crippen molar-refractivity contribution in [2.45, 2.75) is 115 Å². The molecule has 5 aliphatic rings. The molecule has 3 saturated heterocycles. The molecule has 6 heterocycles. The highest BCUT2D eigenvalue weighted by Crippen LogP contribution is 2.45. The van der Waals surface area contributed by atoms with Gasteiger partial charge in [-0.05, 0) is 116 Å². The summed E-state index contributed by atoms with van der Waals surface area (Å²) >= 11 is 0. The number of likely N-dealkylation sites (tertiary alicyclic amines) is 2. The molecule has 1 aromatic heterocycles. The number of nitrogens with one attached hydrogen (secondary N) is 3. The zero-order valence-electron chi connectivity index (χ0n) is 36.9. The number of imidazole rings is 1. The van der Waals surface area contributed by atoms with E-state index in [1.54, 1.807) is 0 Å². The Morgan fingerprint density at radius 3 is 2.33 bits per heavy atom. The van der Waals surface area contributed by atoms with Crippen molar-refractivity contribution < 1.29 is 38.1 Å². The Morgan fingerprint density at radius 1 is 0.857 bits per heavy atom. The second-order valence-electron chi connectivity index (χ2n) is 18.1. The number of hydrogen-bond acceptors (Lipinski definition) is 10. The normalized spacial score (nSPS) is 23.6. The van der Waals surface area contributed by atoms with Gasteiger partial charge in [0.05, 0.1) is 50.5 Å². The maximum absolute atomic E-state index is 14.4. The minimum absolute atomic E-state index is 0.00794. The smallest absolute Gasteiger partial charge is 0.407 e. The van der Waals surface area contributed by atoms with E-state index in [2.05, 4.69) is 65.0 Å². The lowest BCUT2D eigenvalue weighted by Gasteiger charge is -2.36. The number of ether oxygens (including phenoxy) is 4. The van der Waals surface area contributed by atoms with Crippen molar-refractivity contribution in [3.8, 4) is 28.1 Å². The number of alkyl carbamates (subject to hydrolysis) is 2. The summed E-state index contributed by atoms with van der Waals surface area (Å²) in [4.78, 5) is 70.1. The van der Waals surface area contributed by atoms with Crippen LogP contribution in [0.15, 0.2) is 53.7 Å². The van der Waals surface area contributed by atoms with Crippen LogP contribution in [0.5, 0.6) is 5.75 Å². The highest BCUT2D eigenvalue weighted by molar-refractivity contribution is 6.06. The highest BCUT2D eigenvalue weighted by Gasteiger charge is 2.45. The zero-order chi connectivity index (χ0) is 44.1. The fourth-order valence-electron chi connectivity index (χ4n) is 10.5. The average Bonchev–Trinajstić information content (AvgIpc) is 4.12. The number of carbonyl (C=O) groups excluding carboxylic acids is 4. The second kappa shape index (κ2) is 17.3. The number of methoxy groups -OCH3 is 2. The first-order valence-corrected chi connectivity index (χ1v) is 22.3. The maximum Gasteiger partial charge on any atom is 0.407 e. The minimum atomic E-state index is -0.739. The summed E-state index contributed by atoms with van der Waals surface area (Å²) in [6.07, 6.45) is 6.04. The summed E-state index contributed by atoms with van der Waals surface area (Å²) in [7, 11) is 2.61. The van der Waals surface area contributed by atoms with E-state index in [-0.39, 0.29) is 47.8 Å². The van der Waals surface area contributed by atoms with Crippen LogP contribution in [0.1, 0.15) is 89.2 Å². The summed E-state index contributed by atoms with van der Waals surface area (Å²) in [5, 5.41) is 7.74. The van der Waals surface area contributed by atoms with Crippen LogP contribution >= 0.6 is 0 Å². The Balaban J connectivity index is 0.933. The summed E-state index contributed by atoms with van der Waals surface area (Å²) in [6.45, 7) is 9.39. The van der Waals surface area contributed by atoms with Crippen LogP contribution < -0.4 is 15.4 Å². The second-order valence-corrected chi connectivity index (χ2v) is 18.1. The van der Waals surface area contributed by atoms with Crippen LogP contribution in [0.25, 0.3) is 33.2 Å². The monoisotopic (exact) mass is 859 g/mol. The van der Waals surface area contributed by atoms with E-state index in [0.29, 0.717) is 32.1 Å². The Hall–Kier alpha value is -5.96. The Kier molecular flexibility index (Phi) is 11.6. The number of hydrogen-bond donors (Lipinski definition) is 3. The van der Waals surface area contributed by atoms with Crippen molar-refractivity contribution in [2.24, 2.45) is 16.8 Å². The van der Waals surface area contributed by atoms with E-state index in [1.165, 1.54) is 14.2 Å². The molecule has 0 saturated carbocycles. The largest absolute Gasteiger partial charge is 0.488 e. The summed E-state index contributed by atoms with van der Waals surface area (Å²) < 4.78 is 22.0. The molecule has 0 unspecified atom stereocenters. The van der Waals surface area contributed by atoms with Crippen molar-refractivity contribution >= 4 is 46.2 Å². The molecule has 15 nitrogen and oxygen atoms in total. The number of fused-ring (bicyclic) bond motifs is 6. The first-order valence-electron chi connectivity index (χ1n) is 22.3. The molecule has 0 radical (unpaired) electrons. The van der Waals surface area contributed by atoms with Gasteiger partial charge in [0.2, 0.25) is 11.8 Å². The lowest BCUT2D eigenvalue weighted by Crippen LogP contribution is -2.57. The molecule has 3 N–H and O–H groups in total. The van der Waals surface area contributed by atoms with Crippen LogP contribution in [-0.4, -0.2) is 107 Å². The van der Waals surface area contributed by atoms with Gasteiger partial charge >= 0.3 is 12.2 Å². The Bertz CT molecular complexity index is 2480. The third kappa shape index (κ3) is 7.89. The van der Waals surface area contributed by atoms with Gasteiger partial charge in [0.25, 0.3) is 0 Å². The molecule has 15 heteroatoms. The number of carbonyl (C=O) groups is 4. The third-order valence-electron chi connectivity index (χ3n) is 13.8. The van der Waals surface area contributed by atoms with E-state index < -0.39 is 24.3 Å². The Morgan fingerprint density at radius 2 is 1.60 bits per heavy atom. The maximum atomic E-state index is 14.4. The molecular formula is C48H57N7O8. The van der Waals surface area contributed by atoms with Gasteiger partial charge in [-0.3, -0.25) is 14.6 Å². The average molecular weight is 860 g/mol. The van der Waals surface area contributed by atoms with Crippen molar-refractivity contribution in [3.63, 3.8) is 0 Å². The summed E-state index contributed by atoms with van der Waals surface area (Å²) in [5.41, 5.74) is 7.98. The van der Waals surface area contributed by atoms with E-state index >= 15 is 0 Å². The molecular weight excluding hydrogens is 803 g/mol. The molecule has 7 atom stereocenters. The van der Waals surface area contributed by atoms with Crippen LogP contribution in [0.2, 0.25) is 0 Å². The van der Waals surface area contributed by atoms with Crippen molar-refractivity contribution in [3.05, 3.63) is 65.6 Å². The molecule has 0 bridgehead atoms. The van der Waals surface area contributed by atoms with Gasteiger partial charge in [-0.2, -0.15) is 0 Å². The quantitative estimate of drug-likeness (QED) is 0.155. The molecule has 0 spiro atoms. The highest BCUT2D eigenvalue weighted by atomic mass is 16.5. The van der Waals surface area contributed by atoms with Gasteiger partial charge in [0, 0.05) is 42.3 Å². The minimum Gasteiger partial charge on any atom is -0.488 e. The molecule has 63 heavy (non-hydrogen) atoms. The summed E-state index contributed by atoms with van der Waals surface area (Å²) in [5.74, 6) is 1.00. The van der Waals surface area contributed by atoms with Gasteiger partial charge in [0.15, 0.2) is 0 Å². The lowest BCUT2D eigenvalue weighted by molar-refractivity contribution is -0.138. The van der Waals surface area contributed by atoms with Crippen molar-refractivity contribution in [2.75, 3.05) is 27.4 Å². The van der Waals surface area contributed by atoms with Gasteiger partial charge in [-0.25, -0.2) is 14.6 Å². The number of benzene rings is 3. The van der Waals surface area contributed by atoms with Crippen LogP contribution in [-0.2, 0) is 36.8 Å². The first-order chi connectivity index (χ1) is 30.4. The van der Waals surface area contributed by atoms with Gasteiger partial charge in [0.1, 0.15) is 30.3 Å². The SMILES string of the molecule is COC(=O)N[C@H](C(=O)N1[C@@H](C)CC[C@H]1c1ncc(-c2ccc3c(c2)COc2cc4c5c(ccc4cc2-3)N=C([C@@H]2CC[C@H](C)N2C(=O)[C@@H](NC(=O)OC)[C@@H]2CCCOC2)C5)[nH]1)C(C)C. The van der Waals surface area contributed by atoms with E-state index in [9.17, 15) is 19.2 Å². The molecule has 0 aliphatic carbocycles. The van der Waals surface area contributed by atoms with E-state index in [4.69, 9.17) is 28.9 Å². The van der Waals surface area contributed by atoms with E-state index in [1.807, 2.05) is 36.8 Å². The fourth-order valence-corrected chi connectivity index (χ4v) is 10.5. The third-order valence-corrected chi connectivity index (χ3v) is 13.8. The molecule has 3 aromatic carbocycles. The van der Waals surface area contributed by atoms with Gasteiger partial charge < -0.3 is 44.4 Å². The van der Waals surface area contributed by atoms with Crippen LogP contribution in [0.4, 0.5) is 15.3 Å². The Labute approximate surface area is 367 Å². The number of aromatic amines is 1. The van der Waals surface area contributed by atoms with Crippen molar-refractivity contribution in [1.82, 2.24) is 30.4 Å². The molecule has 3 fully saturated rings. The lowest BCUT2D eigenvalue weighted by atomic mass is 9.90. The van der Waals surface area contributed by atoms with Gasteiger partial charge in [-0.1, -0.05) is 32.0 Å². The number of amides is 4. The van der Waals surface area contributed by atoms with Crippen molar-refractivity contribution in [1.29, 1.82) is 0 Å². The number of H-pyrrole nitrogens is 1. The molecule has 332 valence electrons. The topological polar surface area (TPSA) is 177 Å². The fraction of sp³-hybridized carbons (Fsp3) is 0.500.